The average molecular weight is 425 g/mol. The van der Waals surface area contributed by atoms with Crippen molar-refractivity contribution < 1.29 is 14.7 Å². The van der Waals surface area contributed by atoms with Crippen LogP contribution in [0.15, 0.2) is 28.7 Å². The van der Waals surface area contributed by atoms with Crippen LogP contribution in [0.4, 0.5) is 10.5 Å². The number of carbonyl (C=O) groups is 2. The van der Waals surface area contributed by atoms with Gasteiger partial charge in [-0.15, -0.1) is 0 Å². The third-order valence-corrected chi connectivity index (χ3v) is 4.73. The molecule has 3 N–H and O–H groups in total. The smallest absolute Gasteiger partial charge is 0.330 e. The van der Waals surface area contributed by atoms with Gasteiger partial charge in [-0.25, -0.2) is 9.59 Å². The van der Waals surface area contributed by atoms with E-state index in [9.17, 15) is 9.59 Å². The molecular formula is C11H10BrIN2O3. The molecule has 0 aromatic heterocycles. The summed E-state index contributed by atoms with van der Waals surface area (Å²) in [7, 11) is 0. The maximum atomic E-state index is 11.7. The third-order valence-electron chi connectivity index (χ3n) is 2.70. The molecule has 1 saturated carbocycles. The first-order valence-electron chi connectivity index (χ1n) is 5.16. The highest BCUT2D eigenvalue weighted by atomic mass is 127. The summed E-state index contributed by atoms with van der Waals surface area (Å²) in [5.41, 5.74) is -0.498. The van der Waals surface area contributed by atoms with Crippen LogP contribution >= 0.6 is 38.5 Å². The van der Waals surface area contributed by atoms with Gasteiger partial charge in [-0.05, 0) is 30.7 Å². The monoisotopic (exact) mass is 424 g/mol. The SMILES string of the molecule is O=C(Nc1ccc(Br)cc1)NC1(C(=O)O)CC1I. The molecule has 0 heterocycles. The molecule has 0 saturated heterocycles. The van der Waals surface area contributed by atoms with Crippen molar-refractivity contribution >= 4 is 56.2 Å². The molecule has 18 heavy (non-hydrogen) atoms. The van der Waals surface area contributed by atoms with Gasteiger partial charge in [0.05, 0.1) is 0 Å². The van der Waals surface area contributed by atoms with E-state index < -0.39 is 17.5 Å². The van der Waals surface area contributed by atoms with Crippen LogP contribution in [-0.2, 0) is 4.79 Å². The number of halogens is 2. The minimum atomic E-state index is -1.11. The van der Waals surface area contributed by atoms with Crippen LogP contribution in [0.1, 0.15) is 6.42 Å². The highest BCUT2D eigenvalue weighted by Gasteiger charge is 2.60. The zero-order chi connectivity index (χ0) is 13.3. The molecule has 1 aromatic carbocycles. The molecule has 5 nitrogen and oxygen atoms in total. The van der Waals surface area contributed by atoms with Crippen LogP contribution in [-0.4, -0.2) is 26.6 Å². The fourth-order valence-electron chi connectivity index (χ4n) is 1.53. The first-order chi connectivity index (χ1) is 8.44. The number of carboxylic acid groups (broad SMARTS) is 1. The summed E-state index contributed by atoms with van der Waals surface area (Å²) < 4.78 is 0.841. The molecule has 2 atom stereocenters. The Morgan fingerprint density at radius 2 is 1.94 bits per heavy atom. The lowest BCUT2D eigenvalue weighted by Gasteiger charge is -2.14. The van der Waals surface area contributed by atoms with Crippen molar-refractivity contribution in [3.63, 3.8) is 0 Å². The molecule has 96 valence electrons. The molecule has 0 bridgehead atoms. The van der Waals surface area contributed by atoms with Crippen molar-refractivity contribution in [2.24, 2.45) is 0 Å². The van der Waals surface area contributed by atoms with E-state index >= 15 is 0 Å². The molecular weight excluding hydrogens is 415 g/mol. The lowest BCUT2D eigenvalue weighted by atomic mass is 10.3. The van der Waals surface area contributed by atoms with E-state index in [1.807, 2.05) is 22.6 Å². The summed E-state index contributed by atoms with van der Waals surface area (Å²) >= 11 is 5.31. The topological polar surface area (TPSA) is 78.4 Å². The van der Waals surface area contributed by atoms with Gasteiger partial charge in [0.15, 0.2) is 5.54 Å². The van der Waals surface area contributed by atoms with Gasteiger partial charge in [0, 0.05) is 14.1 Å². The molecule has 2 unspecified atom stereocenters. The number of nitrogens with one attached hydrogen (secondary N) is 2. The van der Waals surface area contributed by atoms with Gasteiger partial charge in [0.1, 0.15) is 0 Å². The van der Waals surface area contributed by atoms with Crippen molar-refractivity contribution in [1.29, 1.82) is 0 Å². The molecule has 1 fully saturated rings. The maximum Gasteiger partial charge on any atom is 0.330 e. The Labute approximate surface area is 126 Å². The predicted octanol–water partition coefficient (Wildman–Crippen LogP) is 2.60. The lowest BCUT2D eigenvalue weighted by Crippen LogP contribution is -2.47. The Kier molecular flexibility index (Phi) is 3.81. The van der Waals surface area contributed by atoms with Crippen LogP contribution in [0.5, 0.6) is 0 Å². The summed E-state index contributed by atoms with van der Waals surface area (Å²) in [6.07, 6.45) is 0.455. The lowest BCUT2D eigenvalue weighted by molar-refractivity contribution is -0.140. The van der Waals surface area contributed by atoms with Gasteiger partial charge in [-0.3, -0.25) is 0 Å². The highest BCUT2D eigenvalue weighted by molar-refractivity contribution is 14.1. The number of hydrogen-bond acceptors (Lipinski definition) is 2. The summed E-state index contributed by atoms with van der Waals surface area (Å²) in [6, 6.07) is 6.54. The number of anilines is 1. The number of carboxylic acids is 1. The van der Waals surface area contributed by atoms with E-state index in [4.69, 9.17) is 5.11 Å². The molecule has 2 rings (SSSR count). The maximum absolute atomic E-state index is 11.7. The molecule has 0 radical (unpaired) electrons. The van der Waals surface area contributed by atoms with Crippen LogP contribution in [0.3, 0.4) is 0 Å². The van der Waals surface area contributed by atoms with E-state index in [1.54, 1.807) is 24.3 Å². The zero-order valence-corrected chi connectivity index (χ0v) is 12.9. The largest absolute Gasteiger partial charge is 0.479 e. The van der Waals surface area contributed by atoms with Gasteiger partial charge >= 0.3 is 12.0 Å². The Balaban J connectivity index is 1.97. The standard InChI is InChI=1S/C11H10BrIN2O3/c12-6-1-3-7(4-2-6)14-10(18)15-11(9(16)17)5-8(11)13/h1-4,8H,5H2,(H,16,17)(H2,14,15,18). The van der Waals surface area contributed by atoms with E-state index in [0.717, 1.165) is 4.47 Å². The fraction of sp³-hybridized carbons (Fsp3) is 0.273. The van der Waals surface area contributed by atoms with E-state index in [0.29, 0.717) is 12.1 Å². The Bertz CT molecular complexity index is 494. The predicted molar refractivity (Wildman–Crippen MR) is 79.1 cm³/mol. The minimum absolute atomic E-state index is 0.0664. The Morgan fingerprint density at radius 3 is 2.39 bits per heavy atom. The number of rotatable bonds is 3. The average Bonchev–Trinajstić information content (AvgIpc) is 2.94. The number of amides is 2. The molecule has 2 amide bonds. The van der Waals surface area contributed by atoms with Crippen molar-refractivity contribution in [3.8, 4) is 0 Å². The number of urea groups is 1. The Morgan fingerprint density at radius 1 is 1.39 bits per heavy atom. The zero-order valence-electron chi connectivity index (χ0n) is 9.11. The molecule has 7 heteroatoms. The fourth-order valence-corrected chi connectivity index (χ4v) is 2.91. The van der Waals surface area contributed by atoms with Gasteiger partial charge in [0.2, 0.25) is 0 Å². The Hall–Kier alpha value is -0.830. The first kappa shape index (κ1) is 13.6. The van der Waals surface area contributed by atoms with Crippen molar-refractivity contribution in [3.05, 3.63) is 28.7 Å². The minimum Gasteiger partial charge on any atom is -0.479 e. The van der Waals surface area contributed by atoms with E-state index in [2.05, 4.69) is 26.6 Å². The summed E-state index contributed by atoms with van der Waals surface area (Å²) in [5, 5.41) is 14.2. The van der Waals surface area contributed by atoms with Crippen molar-refractivity contribution in [2.45, 2.75) is 15.9 Å². The van der Waals surface area contributed by atoms with E-state index in [-0.39, 0.29) is 3.92 Å². The van der Waals surface area contributed by atoms with Gasteiger partial charge in [-0.2, -0.15) is 0 Å². The second kappa shape index (κ2) is 5.04. The summed E-state index contributed by atoms with van der Waals surface area (Å²) in [4.78, 5) is 22.8. The molecule has 1 aliphatic rings. The van der Waals surface area contributed by atoms with Crippen molar-refractivity contribution in [2.75, 3.05) is 5.32 Å². The van der Waals surface area contributed by atoms with Gasteiger partial charge in [-0.1, -0.05) is 38.5 Å². The quantitative estimate of drug-likeness (QED) is 0.515. The van der Waals surface area contributed by atoms with Gasteiger partial charge < -0.3 is 15.7 Å². The molecule has 1 aliphatic carbocycles. The number of hydrogen-bond donors (Lipinski definition) is 3. The van der Waals surface area contributed by atoms with E-state index in [1.165, 1.54) is 0 Å². The van der Waals surface area contributed by atoms with Crippen LogP contribution in [0, 0.1) is 0 Å². The number of alkyl halides is 1. The molecule has 1 aromatic rings. The van der Waals surface area contributed by atoms with Crippen molar-refractivity contribution in [1.82, 2.24) is 5.32 Å². The normalized spacial score (nSPS) is 25.3. The second-order valence-electron chi connectivity index (χ2n) is 4.03. The van der Waals surface area contributed by atoms with Crippen LogP contribution in [0.2, 0.25) is 0 Å². The van der Waals surface area contributed by atoms with Gasteiger partial charge in [0.25, 0.3) is 0 Å². The van der Waals surface area contributed by atoms with Crippen LogP contribution in [0.25, 0.3) is 0 Å². The highest BCUT2D eigenvalue weighted by Crippen LogP contribution is 2.43. The molecule has 0 spiro atoms. The number of carbonyl (C=O) groups excluding carboxylic acids is 1. The first-order valence-corrected chi connectivity index (χ1v) is 7.20. The summed E-state index contributed by atoms with van der Waals surface area (Å²) in [5.74, 6) is -0.993. The number of benzene rings is 1. The summed E-state index contributed by atoms with van der Waals surface area (Å²) in [6.45, 7) is 0. The number of aliphatic carboxylic acids is 1. The third kappa shape index (κ3) is 2.77. The molecule has 0 aliphatic heterocycles. The second-order valence-corrected chi connectivity index (χ2v) is 6.45. The van der Waals surface area contributed by atoms with Crippen LogP contribution < -0.4 is 10.6 Å².